The maximum atomic E-state index is 5.85. The van der Waals surface area contributed by atoms with Crippen LogP contribution in [0.3, 0.4) is 0 Å². The molecule has 1 aliphatic carbocycles. The van der Waals surface area contributed by atoms with Gasteiger partial charge in [-0.05, 0) is 42.4 Å². The molecule has 0 radical (unpaired) electrons. The SMILES string of the molecule is Cl.NC(Br)c1cccc2c1CCCC2. The molecule has 0 saturated heterocycles. The number of fused-ring (bicyclic) bond motifs is 1. The molecule has 0 saturated carbocycles. The number of rotatable bonds is 1. The summed E-state index contributed by atoms with van der Waals surface area (Å²) in [7, 11) is 0. The first-order valence-corrected chi connectivity index (χ1v) is 5.71. The Morgan fingerprint density at radius 3 is 2.64 bits per heavy atom. The fraction of sp³-hybridized carbons (Fsp3) is 0.455. The van der Waals surface area contributed by atoms with Crippen molar-refractivity contribution in [2.75, 3.05) is 0 Å². The highest BCUT2D eigenvalue weighted by Crippen LogP contribution is 2.29. The number of nitrogens with two attached hydrogens (primary N) is 1. The smallest absolute Gasteiger partial charge is 0.0864 e. The molecular weight excluding hydrogens is 261 g/mol. The van der Waals surface area contributed by atoms with Gasteiger partial charge in [0.1, 0.15) is 0 Å². The molecule has 1 aliphatic rings. The minimum atomic E-state index is 0. The second kappa shape index (κ2) is 5.15. The molecule has 1 atom stereocenters. The summed E-state index contributed by atoms with van der Waals surface area (Å²) >= 11 is 3.44. The first-order chi connectivity index (χ1) is 6.29. The molecule has 0 aliphatic heterocycles. The molecule has 2 rings (SSSR count). The lowest BCUT2D eigenvalue weighted by Gasteiger charge is -2.20. The quantitative estimate of drug-likeness (QED) is 0.618. The van der Waals surface area contributed by atoms with Crippen LogP contribution in [0.25, 0.3) is 0 Å². The van der Waals surface area contributed by atoms with E-state index in [0.29, 0.717) is 0 Å². The summed E-state index contributed by atoms with van der Waals surface area (Å²) in [4.78, 5) is 0.000509. The number of alkyl halides is 1. The van der Waals surface area contributed by atoms with Crippen LogP contribution in [-0.4, -0.2) is 0 Å². The van der Waals surface area contributed by atoms with Crippen molar-refractivity contribution < 1.29 is 0 Å². The van der Waals surface area contributed by atoms with E-state index in [4.69, 9.17) is 5.73 Å². The molecule has 0 aromatic heterocycles. The third-order valence-electron chi connectivity index (χ3n) is 2.73. The topological polar surface area (TPSA) is 26.0 Å². The van der Waals surface area contributed by atoms with Gasteiger partial charge in [-0.25, -0.2) is 0 Å². The van der Waals surface area contributed by atoms with E-state index >= 15 is 0 Å². The number of hydrogen-bond donors (Lipinski definition) is 1. The summed E-state index contributed by atoms with van der Waals surface area (Å²) in [5.74, 6) is 0. The second-order valence-corrected chi connectivity index (χ2v) is 4.58. The van der Waals surface area contributed by atoms with Gasteiger partial charge in [0, 0.05) is 0 Å². The Balaban J connectivity index is 0.000000980. The molecule has 0 bridgehead atoms. The molecule has 2 N–H and O–H groups in total. The Hall–Kier alpha value is -0.0500. The standard InChI is InChI=1S/C11H14BrN.ClH/c12-11(13)10-7-3-5-8-4-1-2-6-9(8)10;/h3,5,7,11H,1-2,4,6,13H2;1H. The molecule has 0 fully saturated rings. The minimum absolute atomic E-state index is 0. The highest BCUT2D eigenvalue weighted by molar-refractivity contribution is 9.09. The fourth-order valence-corrected chi connectivity index (χ4v) is 2.50. The average molecular weight is 277 g/mol. The average Bonchev–Trinajstić information content (AvgIpc) is 2.17. The van der Waals surface area contributed by atoms with Crippen LogP contribution in [0, 0.1) is 0 Å². The lowest BCUT2D eigenvalue weighted by molar-refractivity contribution is 0.678. The summed E-state index contributed by atoms with van der Waals surface area (Å²) in [6.45, 7) is 0. The van der Waals surface area contributed by atoms with E-state index in [9.17, 15) is 0 Å². The van der Waals surface area contributed by atoms with Gasteiger partial charge in [0.05, 0.1) is 4.95 Å². The zero-order valence-electron chi connectivity index (χ0n) is 8.00. The van der Waals surface area contributed by atoms with Gasteiger partial charge in [0.2, 0.25) is 0 Å². The van der Waals surface area contributed by atoms with E-state index in [1.54, 1.807) is 0 Å². The van der Waals surface area contributed by atoms with Gasteiger partial charge in [-0.1, -0.05) is 34.1 Å². The number of benzene rings is 1. The van der Waals surface area contributed by atoms with E-state index < -0.39 is 0 Å². The minimum Gasteiger partial charge on any atom is -0.315 e. The third kappa shape index (κ3) is 2.30. The summed E-state index contributed by atoms with van der Waals surface area (Å²) in [6.07, 6.45) is 5.06. The van der Waals surface area contributed by atoms with E-state index in [1.807, 2.05) is 0 Å². The highest BCUT2D eigenvalue weighted by atomic mass is 79.9. The van der Waals surface area contributed by atoms with Gasteiger partial charge < -0.3 is 5.73 Å². The van der Waals surface area contributed by atoms with Crippen LogP contribution in [0.15, 0.2) is 18.2 Å². The van der Waals surface area contributed by atoms with Gasteiger partial charge >= 0.3 is 0 Å². The van der Waals surface area contributed by atoms with E-state index in [-0.39, 0.29) is 17.4 Å². The summed E-state index contributed by atoms with van der Waals surface area (Å²) in [5.41, 5.74) is 10.1. The Morgan fingerprint density at radius 1 is 1.21 bits per heavy atom. The van der Waals surface area contributed by atoms with Crippen molar-refractivity contribution in [2.24, 2.45) is 5.73 Å². The van der Waals surface area contributed by atoms with Crippen LogP contribution in [0.1, 0.15) is 34.5 Å². The van der Waals surface area contributed by atoms with Crippen molar-refractivity contribution >= 4 is 28.3 Å². The summed E-state index contributed by atoms with van der Waals surface area (Å²) in [6, 6.07) is 6.47. The van der Waals surface area contributed by atoms with Crippen LogP contribution >= 0.6 is 28.3 Å². The van der Waals surface area contributed by atoms with E-state index in [1.165, 1.54) is 42.4 Å². The van der Waals surface area contributed by atoms with Crippen LogP contribution in [0.5, 0.6) is 0 Å². The number of hydrogen-bond acceptors (Lipinski definition) is 1. The Labute approximate surface area is 99.6 Å². The Morgan fingerprint density at radius 2 is 1.93 bits per heavy atom. The molecule has 1 aromatic carbocycles. The van der Waals surface area contributed by atoms with Gasteiger partial charge in [0.15, 0.2) is 0 Å². The number of aryl methyl sites for hydroxylation is 1. The first-order valence-electron chi connectivity index (χ1n) is 4.79. The lowest BCUT2D eigenvalue weighted by atomic mass is 9.88. The third-order valence-corrected chi connectivity index (χ3v) is 3.22. The van der Waals surface area contributed by atoms with Crippen LogP contribution in [0.2, 0.25) is 0 Å². The largest absolute Gasteiger partial charge is 0.315 e. The van der Waals surface area contributed by atoms with Gasteiger partial charge in [0.25, 0.3) is 0 Å². The molecule has 0 spiro atoms. The normalized spacial score (nSPS) is 16.7. The Bertz CT molecular complexity index is 312. The van der Waals surface area contributed by atoms with Crippen LogP contribution < -0.4 is 5.73 Å². The second-order valence-electron chi connectivity index (χ2n) is 3.59. The number of halogens is 2. The van der Waals surface area contributed by atoms with Crippen molar-refractivity contribution in [3.63, 3.8) is 0 Å². The zero-order chi connectivity index (χ0) is 9.26. The molecule has 14 heavy (non-hydrogen) atoms. The van der Waals surface area contributed by atoms with Crippen molar-refractivity contribution in [1.29, 1.82) is 0 Å². The zero-order valence-corrected chi connectivity index (χ0v) is 10.4. The van der Waals surface area contributed by atoms with Crippen molar-refractivity contribution in [3.8, 4) is 0 Å². The Kier molecular flexibility index (Phi) is 4.42. The van der Waals surface area contributed by atoms with E-state index in [0.717, 1.165) is 0 Å². The van der Waals surface area contributed by atoms with E-state index in [2.05, 4.69) is 34.1 Å². The molecule has 0 amide bonds. The summed E-state index contributed by atoms with van der Waals surface area (Å²) in [5, 5.41) is 0. The van der Waals surface area contributed by atoms with Crippen molar-refractivity contribution in [1.82, 2.24) is 0 Å². The molecule has 1 nitrogen and oxygen atoms in total. The molecule has 78 valence electrons. The van der Waals surface area contributed by atoms with Crippen LogP contribution in [-0.2, 0) is 12.8 Å². The highest BCUT2D eigenvalue weighted by Gasteiger charge is 2.14. The summed E-state index contributed by atoms with van der Waals surface area (Å²) < 4.78 is 0. The first kappa shape index (κ1) is 12.0. The molecule has 1 aromatic rings. The van der Waals surface area contributed by atoms with Gasteiger partial charge in [-0.3, -0.25) is 0 Å². The predicted molar refractivity (Wildman–Crippen MR) is 66.2 cm³/mol. The lowest BCUT2D eigenvalue weighted by Crippen LogP contribution is -2.11. The van der Waals surface area contributed by atoms with Crippen molar-refractivity contribution in [2.45, 2.75) is 30.6 Å². The van der Waals surface area contributed by atoms with Gasteiger partial charge in [-0.2, -0.15) is 0 Å². The maximum absolute atomic E-state index is 5.85. The van der Waals surface area contributed by atoms with Crippen molar-refractivity contribution in [3.05, 3.63) is 34.9 Å². The van der Waals surface area contributed by atoms with Crippen LogP contribution in [0.4, 0.5) is 0 Å². The maximum Gasteiger partial charge on any atom is 0.0864 e. The monoisotopic (exact) mass is 275 g/mol. The fourth-order valence-electron chi connectivity index (χ4n) is 2.07. The molecule has 0 heterocycles. The molecule has 1 unspecified atom stereocenters. The molecular formula is C11H15BrClN. The predicted octanol–water partition coefficient (Wildman–Crippen LogP) is 3.34. The van der Waals surface area contributed by atoms with Gasteiger partial charge in [-0.15, -0.1) is 12.4 Å². The molecule has 3 heteroatoms.